The van der Waals surface area contributed by atoms with Crippen molar-refractivity contribution in [2.24, 2.45) is 50.2 Å². The Bertz CT molecular complexity index is 1560. The fourth-order valence-electron chi connectivity index (χ4n) is 13.8. The quantitative estimate of drug-likeness (QED) is 0.137. The molecule has 0 spiro atoms. The predicted molar refractivity (Wildman–Crippen MR) is 198 cm³/mol. The molecule has 56 heavy (non-hydrogen) atoms. The van der Waals surface area contributed by atoms with Crippen LogP contribution in [0, 0.1) is 50.2 Å². The standard InChI is InChI=1S/C42H66O14/c1-20-32(56-34-30(47)28(45)27(44)23(19-43)54-34)29(46)31(48)33(53-20)55-26-11-12-39(6)24(38(26,4)5)10-13-40(7)25(39)9-8-21-22-18-37(2,3)14-15-41(22,35(49)50)16-17-42(21,40)36(51)52/h8,20,22-34,43-48H,9-19H2,1-7H3,(H,49,50)(H,51,52)/t20-,22-,23-,24+,25+,26+,27-,28+,29-,30-,31+,32-,33+,34+,39-,40+,41+,42-/m0/s1. The van der Waals surface area contributed by atoms with Crippen LogP contribution in [0.3, 0.4) is 0 Å². The van der Waals surface area contributed by atoms with Crippen molar-refractivity contribution >= 4 is 11.9 Å². The lowest BCUT2D eigenvalue weighted by molar-refractivity contribution is -0.364. The lowest BCUT2D eigenvalue weighted by Gasteiger charge is -2.70. The number of aliphatic hydroxyl groups is 6. The Balaban J connectivity index is 1.10. The van der Waals surface area contributed by atoms with E-state index >= 15 is 0 Å². The van der Waals surface area contributed by atoms with Crippen molar-refractivity contribution in [3.05, 3.63) is 11.6 Å². The Hall–Kier alpha value is -1.72. The van der Waals surface area contributed by atoms with E-state index < -0.39 is 102 Å². The number of aliphatic carboxylic acids is 2. The molecule has 4 saturated carbocycles. The number of rotatable bonds is 7. The van der Waals surface area contributed by atoms with Gasteiger partial charge in [-0.1, -0.05) is 53.2 Å². The van der Waals surface area contributed by atoms with E-state index in [0.29, 0.717) is 44.9 Å². The van der Waals surface area contributed by atoms with E-state index in [1.807, 2.05) is 0 Å². The molecular formula is C42H66O14. The van der Waals surface area contributed by atoms with Gasteiger partial charge in [0, 0.05) is 0 Å². The molecule has 14 nitrogen and oxygen atoms in total. The number of hydrogen-bond donors (Lipinski definition) is 8. The van der Waals surface area contributed by atoms with E-state index in [9.17, 15) is 50.4 Å². The third-order valence-electron chi connectivity index (χ3n) is 17.0. The Morgan fingerprint density at radius 1 is 0.750 bits per heavy atom. The van der Waals surface area contributed by atoms with Gasteiger partial charge in [-0.05, 0) is 111 Å². The number of carbonyl (C=O) groups is 2. The Morgan fingerprint density at radius 2 is 1.39 bits per heavy atom. The third kappa shape index (κ3) is 6.01. The molecule has 6 fully saturated rings. The second-order valence-electron chi connectivity index (χ2n) is 20.5. The highest BCUT2D eigenvalue weighted by Crippen LogP contribution is 2.76. The number of fused-ring (bicyclic) bond motifs is 7. The van der Waals surface area contributed by atoms with Crippen LogP contribution in [-0.2, 0) is 28.5 Å². The molecule has 0 aromatic heterocycles. The van der Waals surface area contributed by atoms with Gasteiger partial charge in [-0.2, -0.15) is 0 Å². The summed E-state index contributed by atoms with van der Waals surface area (Å²) in [5, 5.41) is 85.2. The van der Waals surface area contributed by atoms with Gasteiger partial charge in [-0.25, -0.2) is 0 Å². The topological polar surface area (TPSA) is 233 Å². The summed E-state index contributed by atoms with van der Waals surface area (Å²) in [5.41, 5.74) is -2.64. The molecule has 2 aliphatic heterocycles. The molecule has 2 saturated heterocycles. The van der Waals surface area contributed by atoms with Gasteiger partial charge in [0.05, 0.1) is 29.6 Å². The van der Waals surface area contributed by atoms with Crippen LogP contribution in [-0.4, -0.2) is 127 Å². The smallest absolute Gasteiger partial charge is 0.314 e. The summed E-state index contributed by atoms with van der Waals surface area (Å²) in [7, 11) is 0. The fourth-order valence-corrected chi connectivity index (χ4v) is 13.8. The molecule has 0 aromatic carbocycles. The van der Waals surface area contributed by atoms with Crippen LogP contribution < -0.4 is 0 Å². The zero-order valence-electron chi connectivity index (χ0n) is 34.0. The second kappa shape index (κ2) is 14.2. The SMILES string of the molecule is C[C@@H]1O[C@H](O[C@@H]2CC[C@@]3(C)[C@H](CC[C@]4(C)[C@@H]3CC=C3[C@@H]5CC(C)(C)CC[C@@]5(C(=O)O)CC[C@@]34C(=O)O)C2(C)C)[C@H](O)[C@H](O)[C@H]1O[C@H]1O[C@@H](CO)[C@H](O)[C@@H](O)[C@@H]1O. The third-order valence-corrected chi connectivity index (χ3v) is 17.0. The predicted octanol–water partition coefficient (Wildman–Crippen LogP) is 2.97. The van der Waals surface area contributed by atoms with Crippen LogP contribution in [0.15, 0.2) is 11.6 Å². The van der Waals surface area contributed by atoms with Gasteiger partial charge in [0.2, 0.25) is 0 Å². The molecule has 8 N–H and O–H groups in total. The van der Waals surface area contributed by atoms with Crippen molar-refractivity contribution in [3.8, 4) is 0 Å². The highest BCUT2D eigenvalue weighted by Gasteiger charge is 2.73. The first-order chi connectivity index (χ1) is 26.0. The molecule has 5 aliphatic carbocycles. The van der Waals surface area contributed by atoms with Crippen molar-refractivity contribution in [2.75, 3.05) is 6.61 Å². The van der Waals surface area contributed by atoms with Crippen LogP contribution in [0.2, 0.25) is 0 Å². The van der Waals surface area contributed by atoms with E-state index in [0.717, 1.165) is 24.8 Å². The summed E-state index contributed by atoms with van der Waals surface area (Å²) < 4.78 is 24.0. The highest BCUT2D eigenvalue weighted by molar-refractivity contribution is 5.84. The first-order valence-electron chi connectivity index (χ1n) is 20.8. The number of aliphatic hydroxyl groups excluding tert-OH is 6. The number of carboxylic acid groups (broad SMARTS) is 2. The van der Waals surface area contributed by atoms with Crippen molar-refractivity contribution in [1.82, 2.24) is 0 Å². The lowest BCUT2D eigenvalue weighted by Crippen LogP contribution is -2.68. The van der Waals surface area contributed by atoms with E-state index in [2.05, 4.69) is 47.6 Å². The average molecular weight is 795 g/mol. The Morgan fingerprint density at radius 3 is 2.04 bits per heavy atom. The van der Waals surface area contributed by atoms with E-state index in [-0.39, 0.29) is 34.7 Å². The maximum atomic E-state index is 13.9. The monoisotopic (exact) mass is 794 g/mol. The molecular weight excluding hydrogens is 728 g/mol. The molecule has 318 valence electrons. The Labute approximate surface area is 329 Å². The molecule has 0 aromatic rings. The molecule has 0 unspecified atom stereocenters. The maximum Gasteiger partial charge on any atom is 0.314 e. The van der Waals surface area contributed by atoms with Gasteiger partial charge in [-0.15, -0.1) is 0 Å². The fraction of sp³-hybridized carbons (Fsp3) is 0.905. The minimum atomic E-state index is -1.69. The summed E-state index contributed by atoms with van der Waals surface area (Å²) in [6, 6.07) is 0. The number of hydrogen-bond acceptors (Lipinski definition) is 12. The number of ether oxygens (including phenoxy) is 4. The van der Waals surface area contributed by atoms with Crippen molar-refractivity contribution < 1.29 is 69.4 Å². The molecule has 0 radical (unpaired) electrons. The van der Waals surface area contributed by atoms with Gasteiger partial charge in [0.15, 0.2) is 12.6 Å². The number of carboxylic acids is 2. The molecule has 7 aliphatic rings. The molecule has 14 heteroatoms. The zero-order chi connectivity index (χ0) is 41.1. The first-order valence-corrected chi connectivity index (χ1v) is 20.8. The summed E-state index contributed by atoms with van der Waals surface area (Å²) in [6.45, 7) is 14.1. The first kappa shape index (κ1) is 42.4. The van der Waals surface area contributed by atoms with Crippen LogP contribution in [0.25, 0.3) is 0 Å². The summed E-state index contributed by atoms with van der Waals surface area (Å²) >= 11 is 0. The van der Waals surface area contributed by atoms with Gasteiger partial charge in [-0.3, -0.25) is 9.59 Å². The number of allylic oxidation sites excluding steroid dienone is 1. The van der Waals surface area contributed by atoms with Gasteiger partial charge < -0.3 is 59.8 Å². The minimum Gasteiger partial charge on any atom is -0.481 e. The Kier molecular flexibility index (Phi) is 10.8. The van der Waals surface area contributed by atoms with E-state index in [4.69, 9.17) is 18.9 Å². The molecule has 18 atom stereocenters. The summed E-state index contributed by atoms with van der Waals surface area (Å²) in [5.74, 6) is -1.80. The summed E-state index contributed by atoms with van der Waals surface area (Å²) in [6.07, 6.45) is -6.14. The van der Waals surface area contributed by atoms with Gasteiger partial charge >= 0.3 is 11.9 Å². The molecule has 0 amide bonds. The zero-order valence-corrected chi connectivity index (χ0v) is 34.0. The molecule has 0 bridgehead atoms. The van der Waals surface area contributed by atoms with Crippen LogP contribution in [0.4, 0.5) is 0 Å². The van der Waals surface area contributed by atoms with E-state index in [1.165, 1.54) is 0 Å². The molecule has 2 heterocycles. The van der Waals surface area contributed by atoms with Crippen LogP contribution in [0.5, 0.6) is 0 Å². The second-order valence-corrected chi connectivity index (χ2v) is 20.5. The minimum absolute atomic E-state index is 0.0291. The van der Waals surface area contributed by atoms with Crippen LogP contribution in [0.1, 0.15) is 113 Å². The van der Waals surface area contributed by atoms with Crippen molar-refractivity contribution in [1.29, 1.82) is 0 Å². The normalized spacial score (nSPS) is 52.3. The highest BCUT2D eigenvalue weighted by atomic mass is 16.7. The van der Waals surface area contributed by atoms with E-state index in [1.54, 1.807) is 6.92 Å². The van der Waals surface area contributed by atoms with Crippen LogP contribution >= 0.6 is 0 Å². The van der Waals surface area contributed by atoms with Crippen molar-refractivity contribution in [3.63, 3.8) is 0 Å². The van der Waals surface area contributed by atoms with Gasteiger partial charge in [0.1, 0.15) is 42.7 Å². The average Bonchev–Trinajstić information content (AvgIpc) is 3.12. The maximum absolute atomic E-state index is 13.9. The largest absolute Gasteiger partial charge is 0.481 e. The van der Waals surface area contributed by atoms with Gasteiger partial charge in [0.25, 0.3) is 0 Å². The lowest BCUT2D eigenvalue weighted by atomic mass is 9.33. The molecule has 7 rings (SSSR count). The summed E-state index contributed by atoms with van der Waals surface area (Å²) in [4.78, 5) is 27.0. The van der Waals surface area contributed by atoms with Crippen molar-refractivity contribution in [2.45, 2.75) is 180 Å².